The fourth-order valence-corrected chi connectivity index (χ4v) is 3.34. The third-order valence-corrected chi connectivity index (χ3v) is 4.74. The van der Waals surface area contributed by atoms with Crippen LogP contribution in [-0.2, 0) is 17.9 Å². The van der Waals surface area contributed by atoms with Gasteiger partial charge in [-0.1, -0.05) is 18.2 Å². The molecule has 0 saturated heterocycles. The summed E-state index contributed by atoms with van der Waals surface area (Å²) >= 11 is 1.51. The van der Waals surface area contributed by atoms with Gasteiger partial charge in [0.05, 0.1) is 11.7 Å². The first-order chi connectivity index (χ1) is 10.0. The minimum Gasteiger partial charge on any atom is -0.375 e. The SMILES string of the molecule is Cc1ccccc1NC(=O)C(C)N1Cc2nc(N)sc2C1. The molecule has 0 aliphatic carbocycles. The van der Waals surface area contributed by atoms with Crippen LogP contribution < -0.4 is 11.1 Å². The molecule has 2 heterocycles. The van der Waals surface area contributed by atoms with Crippen molar-refractivity contribution in [2.24, 2.45) is 0 Å². The lowest BCUT2D eigenvalue weighted by Gasteiger charge is -2.23. The fourth-order valence-electron chi connectivity index (χ4n) is 2.47. The zero-order valence-corrected chi connectivity index (χ0v) is 12.9. The number of nitrogens with one attached hydrogen (secondary N) is 1. The smallest absolute Gasteiger partial charge is 0.241 e. The number of carbonyl (C=O) groups is 1. The molecule has 3 N–H and O–H groups in total. The van der Waals surface area contributed by atoms with E-state index in [2.05, 4.69) is 15.2 Å². The molecule has 1 atom stereocenters. The minimum atomic E-state index is -0.202. The van der Waals surface area contributed by atoms with Gasteiger partial charge >= 0.3 is 0 Å². The lowest BCUT2D eigenvalue weighted by Crippen LogP contribution is -2.39. The van der Waals surface area contributed by atoms with Crippen molar-refractivity contribution in [2.75, 3.05) is 11.1 Å². The maximum atomic E-state index is 12.4. The van der Waals surface area contributed by atoms with E-state index in [1.54, 1.807) is 0 Å². The number of rotatable bonds is 3. The Morgan fingerprint density at radius 1 is 1.43 bits per heavy atom. The van der Waals surface area contributed by atoms with Crippen LogP contribution in [0.25, 0.3) is 0 Å². The number of para-hydroxylation sites is 1. The zero-order chi connectivity index (χ0) is 15.0. The summed E-state index contributed by atoms with van der Waals surface area (Å²) in [5, 5.41) is 3.60. The van der Waals surface area contributed by atoms with Gasteiger partial charge in [-0.15, -0.1) is 11.3 Å². The van der Waals surface area contributed by atoms with Crippen LogP contribution in [0.3, 0.4) is 0 Å². The number of aromatic nitrogens is 1. The molecule has 6 heteroatoms. The maximum Gasteiger partial charge on any atom is 0.241 e. The zero-order valence-electron chi connectivity index (χ0n) is 12.1. The van der Waals surface area contributed by atoms with Gasteiger partial charge in [0.2, 0.25) is 5.91 Å². The Hall–Kier alpha value is -1.92. The van der Waals surface area contributed by atoms with Crippen LogP contribution in [-0.4, -0.2) is 21.8 Å². The van der Waals surface area contributed by atoms with Crippen LogP contribution in [0, 0.1) is 6.92 Å². The van der Waals surface area contributed by atoms with Crippen molar-refractivity contribution in [3.05, 3.63) is 40.4 Å². The molecule has 0 fully saturated rings. The third-order valence-electron chi connectivity index (χ3n) is 3.82. The molecule has 0 radical (unpaired) electrons. The summed E-state index contributed by atoms with van der Waals surface area (Å²) in [6.45, 7) is 5.34. The van der Waals surface area contributed by atoms with Gasteiger partial charge < -0.3 is 11.1 Å². The van der Waals surface area contributed by atoms with E-state index in [1.165, 1.54) is 16.2 Å². The largest absolute Gasteiger partial charge is 0.375 e. The highest BCUT2D eigenvalue weighted by Gasteiger charge is 2.30. The Morgan fingerprint density at radius 2 is 2.19 bits per heavy atom. The number of hydrogen-bond acceptors (Lipinski definition) is 5. The van der Waals surface area contributed by atoms with E-state index in [0.717, 1.165) is 23.5 Å². The predicted octanol–water partition coefficient (Wildman–Crippen LogP) is 2.38. The second-order valence-corrected chi connectivity index (χ2v) is 6.42. The van der Waals surface area contributed by atoms with Crippen molar-refractivity contribution in [3.63, 3.8) is 0 Å². The van der Waals surface area contributed by atoms with Crippen LogP contribution >= 0.6 is 11.3 Å². The Bertz CT molecular complexity index is 659. The molecule has 5 nitrogen and oxygen atoms in total. The molecule has 1 aromatic heterocycles. The van der Waals surface area contributed by atoms with Crippen LogP contribution in [0.2, 0.25) is 0 Å². The molecule has 1 aromatic carbocycles. The van der Waals surface area contributed by atoms with E-state index in [0.29, 0.717) is 11.7 Å². The molecular weight excluding hydrogens is 284 g/mol. The normalized spacial score (nSPS) is 15.7. The molecule has 1 aliphatic heterocycles. The number of nitrogens with zero attached hydrogens (tertiary/aromatic N) is 2. The maximum absolute atomic E-state index is 12.4. The van der Waals surface area contributed by atoms with E-state index in [1.807, 2.05) is 38.1 Å². The summed E-state index contributed by atoms with van der Waals surface area (Å²) in [5.41, 5.74) is 8.64. The van der Waals surface area contributed by atoms with Gasteiger partial charge in [0.1, 0.15) is 0 Å². The standard InChI is InChI=1S/C15H18N4OS/c1-9-5-3-4-6-11(9)17-14(20)10(2)19-7-12-13(8-19)21-15(16)18-12/h3-6,10H,7-8H2,1-2H3,(H2,16,18)(H,17,20). The summed E-state index contributed by atoms with van der Waals surface area (Å²) < 4.78 is 0. The Kier molecular flexibility index (Phi) is 3.65. The van der Waals surface area contributed by atoms with Gasteiger partial charge in [-0.3, -0.25) is 9.69 Å². The second-order valence-electron chi connectivity index (χ2n) is 5.31. The predicted molar refractivity (Wildman–Crippen MR) is 85.0 cm³/mol. The molecule has 0 spiro atoms. The molecule has 1 unspecified atom stereocenters. The number of aryl methyl sites for hydroxylation is 1. The molecule has 110 valence electrons. The molecule has 0 saturated carbocycles. The number of fused-ring (bicyclic) bond motifs is 1. The molecule has 1 aliphatic rings. The summed E-state index contributed by atoms with van der Waals surface area (Å²) in [7, 11) is 0. The highest BCUT2D eigenvalue weighted by atomic mass is 32.1. The lowest BCUT2D eigenvalue weighted by molar-refractivity contribution is -0.120. The van der Waals surface area contributed by atoms with Gasteiger partial charge in [-0.05, 0) is 25.5 Å². The number of carbonyl (C=O) groups excluding carboxylic acids is 1. The summed E-state index contributed by atoms with van der Waals surface area (Å²) in [6.07, 6.45) is 0. The van der Waals surface area contributed by atoms with Crippen molar-refractivity contribution in [1.82, 2.24) is 9.88 Å². The number of amides is 1. The fraction of sp³-hybridized carbons (Fsp3) is 0.333. The molecule has 0 bridgehead atoms. The highest BCUT2D eigenvalue weighted by Crippen LogP contribution is 2.30. The van der Waals surface area contributed by atoms with Crippen molar-refractivity contribution < 1.29 is 4.79 Å². The number of hydrogen-bond donors (Lipinski definition) is 2. The van der Waals surface area contributed by atoms with Crippen LogP contribution in [0.1, 0.15) is 23.1 Å². The van der Waals surface area contributed by atoms with Crippen LogP contribution in [0.15, 0.2) is 24.3 Å². The van der Waals surface area contributed by atoms with Gasteiger partial charge in [0.15, 0.2) is 5.13 Å². The first-order valence-corrected chi connectivity index (χ1v) is 7.71. The minimum absolute atomic E-state index is 0.00688. The number of thiazole rings is 1. The topological polar surface area (TPSA) is 71.2 Å². The van der Waals surface area contributed by atoms with Crippen molar-refractivity contribution >= 4 is 28.1 Å². The summed E-state index contributed by atoms with van der Waals surface area (Å²) in [4.78, 5) is 20.0. The average molecular weight is 302 g/mol. The number of anilines is 2. The number of benzene rings is 1. The van der Waals surface area contributed by atoms with Crippen molar-refractivity contribution in [3.8, 4) is 0 Å². The quantitative estimate of drug-likeness (QED) is 0.913. The van der Waals surface area contributed by atoms with E-state index in [-0.39, 0.29) is 11.9 Å². The second kappa shape index (κ2) is 5.46. The molecule has 2 aromatic rings. The van der Waals surface area contributed by atoms with Crippen molar-refractivity contribution in [2.45, 2.75) is 33.0 Å². The number of nitrogens with two attached hydrogens (primary N) is 1. The van der Waals surface area contributed by atoms with Gasteiger partial charge in [0.25, 0.3) is 0 Å². The van der Waals surface area contributed by atoms with E-state index < -0.39 is 0 Å². The van der Waals surface area contributed by atoms with Gasteiger partial charge in [-0.25, -0.2) is 4.98 Å². The summed E-state index contributed by atoms with van der Waals surface area (Å²) in [6, 6.07) is 7.59. The Morgan fingerprint density at radius 3 is 2.90 bits per heavy atom. The first kappa shape index (κ1) is 14.0. The molecule has 21 heavy (non-hydrogen) atoms. The van der Waals surface area contributed by atoms with Crippen LogP contribution in [0.5, 0.6) is 0 Å². The van der Waals surface area contributed by atoms with Gasteiger partial charge in [-0.2, -0.15) is 0 Å². The molecule has 3 rings (SSSR count). The first-order valence-electron chi connectivity index (χ1n) is 6.89. The number of nitrogen functional groups attached to an aromatic ring is 1. The third kappa shape index (κ3) is 2.77. The average Bonchev–Trinajstić information content (AvgIpc) is 2.97. The van der Waals surface area contributed by atoms with Crippen molar-refractivity contribution in [1.29, 1.82) is 0 Å². The highest BCUT2D eigenvalue weighted by molar-refractivity contribution is 7.15. The Balaban J connectivity index is 1.66. The summed E-state index contributed by atoms with van der Waals surface area (Å²) in [5.74, 6) is 0.00688. The lowest BCUT2D eigenvalue weighted by atomic mass is 10.2. The Labute approximate surface area is 127 Å². The monoisotopic (exact) mass is 302 g/mol. The molecule has 1 amide bonds. The van der Waals surface area contributed by atoms with E-state index >= 15 is 0 Å². The van der Waals surface area contributed by atoms with Crippen LogP contribution in [0.4, 0.5) is 10.8 Å². The molecular formula is C15H18N4OS. The van der Waals surface area contributed by atoms with E-state index in [4.69, 9.17) is 5.73 Å². The van der Waals surface area contributed by atoms with Gasteiger partial charge in [0, 0.05) is 23.7 Å². The van der Waals surface area contributed by atoms with E-state index in [9.17, 15) is 4.79 Å².